The molecule has 124 valence electrons. The van der Waals surface area contributed by atoms with Gasteiger partial charge in [0, 0.05) is 28.9 Å². The van der Waals surface area contributed by atoms with Gasteiger partial charge in [-0.15, -0.1) is 0 Å². The predicted molar refractivity (Wildman–Crippen MR) is 95.1 cm³/mol. The minimum Gasteiger partial charge on any atom is -0.437 e. The summed E-state index contributed by atoms with van der Waals surface area (Å²) in [5, 5.41) is 20.1. The SMILES string of the molecule is Cn1cccc1C1=C(C#N)C(c2c(Cl)cccc2Cl)C(C#N)=C(N)O1. The number of hydrogen-bond acceptors (Lipinski definition) is 4. The molecule has 1 unspecified atom stereocenters. The molecule has 1 aromatic heterocycles. The lowest BCUT2D eigenvalue weighted by Gasteiger charge is -2.27. The Labute approximate surface area is 154 Å². The fourth-order valence-electron chi connectivity index (χ4n) is 2.84. The van der Waals surface area contributed by atoms with Gasteiger partial charge in [0.1, 0.15) is 11.6 Å². The minimum absolute atomic E-state index is 0.0707. The maximum Gasteiger partial charge on any atom is 0.205 e. The first-order valence-electron chi connectivity index (χ1n) is 7.27. The molecule has 7 heteroatoms. The molecule has 0 amide bonds. The van der Waals surface area contributed by atoms with Crippen LogP contribution in [0.15, 0.2) is 53.6 Å². The van der Waals surface area contributed by atoms with Crippen molar-refractivity contribution < 1.29 is 4.74 Å². The van der Waals surface area contributed by atoms with Crippen molar-refractivity contribution in [3.8, 4) is 12.1 Å². The second kappa shape index (κ2) is 6.57. The number of aryl methyl sites for hydroxylation is 1. The van der Waals surface area contributed by atoms with Gasteiger partial charge < -0.3 is 15.0 Å². The van der Waals surface area contributed by atoms with Crippen LogP contribution in [0, 0.1) is 22.7 Å². The van der Waals surface area contributed by atoms with Crippen LogP contribution in [0.3, 0.4) is 0 Å². The Hall–Kier alpha value is -2.86. The molecule has 0 saturated heterocycles. The van der Waals surface area contributed by atoms with E-state index in [4.69, 9.17) is 33.7 Å². The van der Waals surface area contributed by atoms with E-state index in [-0.39, 0.29) is 22.8 Å². The van der Waals surface area contributed by atoms with Crippen molar-refractivity contribution in [3.63, 3.8) is 0 Å². The molecule has 0 bridgehead atoms. The number of nitriles is 2. The number of rotatable bonds is 2. The molecule has 1 aliphatic rings. The summed E-state index contributed by atoms with van der Waals surface area (Å²) in [6.07, 6.45) is 1.82. The molecule has 5 nitrogen and oxygen atoms in total. The van der Waals surface area contributed by atoms with Gasteiger partial charge in [-0.25, -0.2) is 0 Å². The van der Waals surface area contributed by atoms with E-state index in [1.165, 1.54) is 0 Å². The average molecular weight is 371 g/mol. The summed E-state index contributed by atoms with van der Waals surface area (Å²) < 4.78 is 7.43. The summed E-state index contributed by atoms with van der Waals surface area (Å²) in [6, 6.07) is 12.8. The van der Waals surface area contributed by atoms with Crippen molar-refractivity contribution in [2.45, 2.75) is 5.92 Å². The van der Waals surface area contributed by atoms with Gasteiger partial charge in [0.2, 0.25) is 5.88 Å². The third-order valence-electron chi connectivity index (χ3n) is 4.01. The standard InChI is InChI=1S/C18H12Cl2N4O/c1-24-7-3-6-14(24)17-10(8-21)15(11(9-22)18(23)25-17)16-12(19)4-2-5-13(16)20/h2-7,15H,23H2,1H3. The summed E-state index contributed by atoms with van der Waals surface area (Å²) >= 11 is 12.6. The smallest absolute Gasteiger partial charge is 0.205 e. The van der Waals surface area contributed by atoms with Crippen LogP contribution in [0.4, 0.5) is 0 Å². The summed E-state index contributed by atoms with van der Waals surface area (Å²) in [7, 11) is 1.82. The molecule has 2 aromatic rings. The van der Waals surface area contributed by atoms with Gasteiger partial charge in [-0.2, -0.15) is 10.5 Å². The molecular weight excluding hydrogens is 359 g/mol. The average Bonchev–Trinajstić information content (AvgIpc) is 3.00. The zero-order chi connectivity index (χ0) is 18.1. The Morgan fingerprint density at radius 1 is 1.08 bits per heavy atom. The van der Waals surface area contributed by atoms with E-state index >= 15 is 0 Å². The quantitative estimate of drug-likeness (QED) is 0.862. The summed E-state index contributed by atoms with van der Waals surface area (Å²) in [6.45, 7) is 0. The summed E-state index contributed by atoms with van der Waals surface area (Å²) in [5.41, 5.74) is 7.42. The minimum atomic E-state index is -0.796. The highest BCUT2D eigenvalue weighted by Crippen LogP contribution is 2.46. The van der Waals surface area contributed by atoms with Gasteiger partial charge >= 0.3 is 0 Å². The van der Waals surface area contributed by atoms with Gasteiger partial charge in [0.25, 0.3) is 0 Å². The fourth-order valence-corrected chi connectivity index (χ4v) is 3.45. The molecule has 2 N–H and O–H groups in total. The zero-order valence-corrected chi connectivity index (χ0v) is 14.6. The molecule has 0 spiro atoms. The number of nitrogens with two attached hydrogens (primary N) is 1. The van der Waals surface area contributed by atoms with Gasteiger partial charge in [-0.05, 0) is 24.3 Å². The molecule has 0 fully saturated rings. The van der Waals surface area contributed by atoms with Crippen LogP contribution in [0.25, 0.3) is 5.76 Å². The molecular formula is C18H12Cl2N4O. The number of hydrogen-bond donors (Lipinski definition) is 1. The van der Waals surface area contributed by atoms with E-state index in [0.717, 1.165) is 0 Å². The Balaban J connectivity index is 2.34. The Morgan fingerprint density at radius 3 is 2.24 bits per heavy atom. The van der Waals surface area contributed by atoms with Crippen LogP contribution in [0.2, 0.25) is 10.0 Å². The number of halogens is 2. The van der Waals surface area contributed by atoms with Gasteiger partial charge in [0.15, 0.2) is 5.76 Å². The predicted octanol–water partition coefficient (Wildman–Crippen LogP) is 4.07. The first-order chi connectivity index (χ1) is 12.0. The molecule has 1 atom stereocenters. The van der Waals surface area contributed by atoms with Crippen LogP contribution in [-0.2, 0) is 11.8 Å². The second-order valence-electron chi connectivity index (χ2n) is 5.42. The number of ether oxygens (including phenoxy) is 1. The highest BCUT2D eigenvalue weighted by Gasteiger charge is 2.36. The van der Waals surface area contributed by atoms with Crippen LogP contribution in [0.5, 0.6) is 0 Å². The largest absolute Gasteiger partial charge is 0.437 e. The van der Waals surface area contributed by atoms with Crippen LogP contribution >= 0.6 is 23.2 Å². The van der Waals surface area contributed by atoms with Crippen LogP contribution < -0.4 is 5.73 Å². The van der Waals surface area contributed by atoms with Gasteiger partial charge in [0.05, 0.1) is 23.3 Å². The highest BCUT2D eigenvalue weighted by atomic mass is 35.5. The Morgan fingerprint density at radius 2 is 1.72 bits per heavy atom. The van der Waals surface area contributed by atoms with Crippen molar-refractivity contribution in [2.24, 2.45) is 12.8 Å². The monoisotopic (exact) mass is 370 g/mol. The van der Waals surface area contributed by atoms with E-state index < -0.39 is 5.92 Å². The van der Waals surface area contributed by atoms with E-state index in [0.29, 0.717) is 21.3 Å². The molecule has 1 aromatic carbocycles. The molecule has 1 aliphatic heterocycles. The lowest BCUT2D eigenvalue weighted by atomic mass is 9.83. The van der Waals surface area contributed by atoms with Crippen molar-refractivity contribution >= 4 is 29.0 Å². The lowest BCUT2D eigenvalue weighted by Crippen LogP contribution is -2.21. The van der Waals surface area contributed by atoms with E-state index in [1.807, 2.05) is 25.4 Å². The highest BCUT2D eigenvalue weighted by molar-refractivity contribution is 6.36. The van der Waals surface area contributed by atoms with Crippen LogP contribution in [-0.4, -0.2) is 4.57 Å². The Bertz CT molecular complexity index is 985. The van der Waals surface area contributed by atoms with Crippen molar-refractivity contribution in [3.05, 3.63) is 74.9 Å². The Kier molecular flexibility index (Phi) is 4.46. The van der Waals surface area contributed by atoms with Crippen molar-refractivity contribution in [1.82, 2.24) is 4.57 Å². The maximum atomic E-state index is 9.81. The first kappa shape index (κ1) is 17.0. The molecule has 3 rings (SSSR count). The molecule has 0 saturated carbocycles. The number of benzene rings is 1. The number of aromatic nitrogens is 1. The van der Waals surface area contributed by atoms with Crippen LogP contribution in [0.1, 0.15) is 17.2 Å². The lowest BCUT2D eigenvalue weighted by molar-refractivity contribution is 0.354. The fraction of sp³-hybridized carbons (Fsp3) is 0.111. The summed E-state index contributed by atoms with van der Waals surface area (Å²) in [4.78, 5) is 0. The normalized spacial score (nSPS) is 17.1. The van der Waals surface area contributed by atoms with E-state index in [9.17, 15) is 10.5 Å². The van der Waals surface area contributed by atoms with Crippen molar-refractivity contribution in [1.29, 1.82) is 10.5 Å². The molecule has 2 heterocycles. The molecule has 0 aliphatic carbocycles. The second-order valence-corrected chi connectivity index (χ2v) is 6.23. The van der Waals surface area contributed by atoms with Gasteiger partial charge in [-0.3, -0.25) is 0 Å². The topological polar surface area (TPSA) is 87.8 Å². The molecule has 25 heavy (non-hydrogen) atoms. The third kappa shape index (κ3) is 2.74. The summed E-state index contributed by atoms with van der Waals surface area (Å²) in [5.74, 6) is -0.582. The third-order valence-corrected chi connectivity index (χ3v) is 4.66. The van der Waals surface area contributed by atoms with E-state index in [2.05, 4.69) is 6.07 Å². The zero-order valence-electron chi connectivity index (χ0n) is 13.1. The van der Waals surface area contributed by atoms with Crippen molar-refractivity contribution in [2.75, 3.05) is 0 Å². The van der Waals surface area contributed by atoms with E-state index in [1.54, 1.807) is 28.8 Å². The maximum absolute atomic E-state index is 9.81. The van der Waals surface area contributed by atoms with Gasteiger partial charge in [-0.1, -0.05) is 29.3 Å². The number of allylic oxidation sites excluding steroid dienone is 2. The number of nitrogens with zero attached hydrogens (tertiary/aromatic N) is 3. The molecule has 0 radical (unpaired) electrons. The first-order valence-corrected chi connectivity index (χ1v) is 8.02.